The van der Waals surface area contributed by atoms with Crippen LogP contribution in [-0.2, 0) is 4.79 Å². The molecule has 2 aliphatic rings. The van der Waals surface area contributed by atoms with Gasteiger partial charge in [-0.3, -0.25) is 4.79 Å². The van der Waals surface area contributed by atoms with Crippen LogP contribution in [0.3, 0.4) is 0 Å². The first-order valence-corrected chi connectivity index (χ1v) is 8.83. The van der Waals surface area contributed by atoms with Crippen LogP contribution in [0, 0.1) is 5.41 Å². The number of nitrogens with zero attached hydrogens (tertiary/aromatic N) is 1. The fraction of sp³-hybridized carbons (Fsp3) is 0.941. The predicted molar refractivity (Wildman–Crippen MR) is 87.3 cm³/mol. The second-order valence-electron chi connectivity index (χ2n) is 7.19. The molecule has 1 unspecified atom stereocenters. The summed E-state index contributed by atoms with van der Waals surface area (Å²) in [6, 6.07) is 0.999. The van der Waals surface area contributed by atoms with Crippen molar-refractivity contribution in [1.82, 2.24) is 15.5 Å². The van der Waals surface area contributed by atoms with Gasteiger partial charge in [0, 0.05) is 31.7 Å². The van der Waals surface area contributed by atoms with Crippen LogP contribution in [0.2, 0.25) is 0 Å². The van der Waals surface area contributed by atoms with Crippen LogP contribution in [-0.4, -0.2) is 49.1 Å². The Morgan fingerprint density at radius 1 is 1.38 bits per heavy atom. The number of rotatable bonds is 5. The lowest BCUT2D eigenvalue weighted by Crippen LogP contribution is -2.54. The molecule has 0 saturated carbocycles. The number of amides is 1. The molecule has 2 rings (SSSR count). The number of carbonyl (C=O) groups excluding carboxylic acids is 1. The Morgan fingerprint density at radius 3 is 2.62 bits per heavy atom. The lowest BCUT2D eigenvalue weighted by atomic mass is 9.76. The van der Waals surface area contributed by atoms with Crippen LogP contribution in [0.25, 0.3) is 0 Å². The van der Waals surface area contributed by atoms with Crippen molar-refractivity contribution in [2.24, 2.45) is 5.41 Å². The molecule has 0 aromatic rings. The maximum absolute atomic E-state index is 12.8. The van der Waals surface area contributed by atoms with Gasteiger partial charge in [0.1, 0.15) is 0 Å². The Hall–Kier alpha value is -0.610. The van der Waals surface area contributed by atoms with E-state index < -0.39 is 0 Å². The van der Waals surface area contributed by atoms with Gasteiger partial charge in [-0.15, -0.1) is 0 Å². The van der Waals surface area contributed by atoms with E-state index in [9.17, 15) is 4.79 Å². The molecule has 2 fully saturated rings. The summed E-state index contributed by atoms with van der Waals surface area (Å²) < 4.78 is 0. The minimum Gasteiger partial charge on any atom is -0.353 e. The van der Waals surface area contributed by atoms with Crippen LogP contribution in [0.1, 0.15) is 59.3 Å². The molecule has 1 amide bonds. The highest BCUT2D eigenvalue weighted by Gasteiger charge is 2.39. The van der Waals surface area contributed by atoms with E-state index in [-0.39, 0.29) is 5.41 Å². The van der Waals surface area contributed by atoms with Gasteiger partial charge in [-0.25, -0.2) is 0 Å². The highest BCUT2D eigenvalue weighted by atomic mass is 16.2. The Labute approximate surface area is 130 Å². The summed E-state index contributed by atoms with van der Waals surface area (Å²) in [5.41, 5.74) is -0.151. The van der Waals surface area contributed by atoms with Gasteiger partial charge in [-0.1, -0.05) is 13.3 Å². The predicted octanol–water partition coefficient (Wildman–Crippen LogP) is 2.15. The van der Waals surface area contributed by atoms with E-state index in [0.717, 1.165) is 64.7 Å². The SMILES string of the molecule is CCCC1(C(=O)NC2CCN(C(C)C)CC2)CCCNC1. The number of piperidine rings is 2. The Morgan fingerprint density at radius 2 is 2.10 bits per heavy atom. The maximum Gasteiger partial charge on any atom is 0.227 e. The molecule has 0 aromatic heterocycles. The summed E-state index contributed by atoms with van der Waals surface area (Å²) >= 11 is 0. The average Bonchev–Trinajstić information content (AvgIpc) is 2.49. The molecular weight excluding hydrogens is 262 g/mol. The zero-order chi connectivity index (χ0) is 15.3. The average molecular weight is 295 g/mol. The van der Waals surface area contributed by atoms with E-state index in [1.165, 1.54) is 0 Å². The van der Waals surface area contributed by atoms with E-state index in [1.807, 2.05) is 0 Å². The minimum atomic E-state index is -0.151. The normalized spacial score (nSPS) is 28.8. The van der Waals surface area contributed by atoms with Crippen molar-refractivity contribution in [3.05, 3.63) is 0 Å². The Kier molecular flexibility index (Phi) is 6.06. The zero-order valence-corrected chi connectivity index (χ0v) is 14.1. The van der Waals surface area contributed by atoms with Gasteiger partial charge in [0.15, 0.2) is 0 Å². The van der Waals surface area contributed by atoms with Gasteiger partial charge in [-0.05, 0) is 52.5 Å². The zero-order valence-electron chi connectivity index (χ0n) is 14.1. The smallest absolute Gasteiger partial charge is 0.227 e. The molecule has 122 valence electrons. The second kappa shape index (κ2) is 7.59. The quantitative estimate of drug-likeness (QED) is 0.817. The Bertz CT molecular complexity index is 323. The van der Waals surface area contributed by atoms with E-state index in [2.05, 4.69) is 36.3 Å². The molecule has 1 atom stereocenters. The van der Waals surface area contributed by atoms with Crippen LogP contribution >= 0.6 is 0 Å². The first kappa shape index (κ1) is 16.8. The molecule has 2 saturated heterocycles. The van der Waals surface area contributed by atoms with Crippen LogP contribution < -0.4 is 10.6 Å². The largest absolute Gasteiger partial charge is 0.353 e. The third kappa shape index (κ3) is 4.19. The van der Waals surface area contributed by atoms with Crippen LogP contribution in [0.5, 0.6) is 0 Å². The Balaban J connectivity index is 1.88. The van der Waals surface area contributed by atoms with Crippen molar-refractivity contribution in [2.75, 3.05) is 26.2 Å². The minimum absolute atomic E-state index is 0.151. The molecule has 0 aromatic carbocycles. The molecule has 4 nitrogen and oxygen atoms in total. The topological polar surface area (TPSA) is 44.4 Å². The molecule has 0 spiro atoms. The first-order valence-electron chi connectivity index (χ1n) is 8.83. The van der Waals surface area contributed by atoms with Crippen LogP contribution in [0.4, 0.5) is 0 Å². The molecule has 2 aliphatic heterocycles. The standard InChI is InChI=1S/C17H33N3O/c1-4-8-17(9-5-10-18-13-17)16(21)19-15-6-11-20(12-7-15)14(2)3/h14-15,18H,4-13H2,1-3H3,(H,19,21). The third-order valence-corrected chi connectivity index (χ3v) is 5.28. The number of carbonyl (C=O) groups is 1. The molecule has 0 bridgehead atoms. The number of hydrogen-bond acceptors (Lipinski definition) is 3. The molecule has 0 aliphatic carbocycles. The summed E-state index contributed by atoms with van der Waals surface area (Å²) in [6.45, 7) is 10.8. The monoisotopic (exact) mass is 295 g/mol. The van der Waals surface area contributed by atoms with Crippen molar-refractivity contribution in [2.45, 2.75) is 71.4 Å². The lowest BCUT2D eigenvalue weighted by Gasteiger charge is -2.39. The van der Waals surface area contributed by atoms with E-state index >= 15 is 0 Å². The van der Waals surface area contributed by atoms with Gasteiger partial charge in [0.25, 0.3) is 0 Å². The van der Waals surface area contributed by atoms with Crippen molar-refractivity contribution < 1.29 is 4.79 Å². The third-order valence-electron chi connectivity index (χ3n) is 5.28. The first-order chi connectivity index (χ1) is 10.1. The van der Waals surface area contributed by atoms with Crippen molar-refractivity contribution in [3.8, 4) is 0 Å². The second-order valence-corrected chi connectivity index (χ2v) is 7.19. The summed E-state index contributed by atoms with van der Waals surface area (Å²) in [7, 11) is 0. The molecule has 4 heteroatoms. The maximum atomic E-state index is 12.8. The number of hydrogen-bond donors (Lipinski definition) is 2. The van der Waals surface area contributed by atoms with E-state index in [1.54, 1.807) is 0 Å². The summed E-state index contributed by atoms with van der Waals surface area (Å²) in [4.78, 5) is 15.3. The van der Waals surface area contributed by atoms with Crippen molar-refractivity contribution in [1.29, 1.82) is 0 Å². The van der Waals surface area contributed by atoms with Crippen molar-refractivity contribution >= 4 is 5.91 Å². The highest BCUT2D eigenvalue weighted by molar-refractivity contribution is 5.83. The van der Waals surface area contributed by atoms with E-state index in [0.29, 0.717) is 18.0 Å². The summed E-state index contributed by atoms with van der Waals surface area (Å²) in [5.74, 6) is 0.305. The van der Waals surface area contributed by atoms with Gasteiger partial charge in [0.05, 0.1) is 5.41 Å². The van der Waals surface area contributed by atoms with Gasteiger partial charge in [-0.2, -0.15) is 0 Å². The van der Waals surface area contributed by atoms with Gasteiger partial charge in [0.2, 0.25) is 5.91 Å². The van der Waals surface area contributed by atoms with Crippen molar-refractivity contribution in [3.63, 3.8) is 0 Å². The molecule has 21 heavy (non-hydrogen) atoms. The molecule has 0 radical (unpaired) electrons. The van der Waals surface area contributed by atoms with E-state index in [4.69, 9.17) is 0 Å². The summed E-state index contributed by atoms with van der Waals surface area (Å²) in [5, 5.41) is 6.80. The fourth-order valence-electron chi connectivity index (χ4n) is 3.87. The molecule has 2 heterocycles. The van der Waals surface area contributed by atoms with Crippen LogP contribution in [0.15, 0.2) is 0 Å². The number of likely N-dealkylation sites (tertiary alicyclic amines) is 1. The molecule has 2 N–H and O–H groups in total. The summed E-state index contributed by atoms with van der Waals surface area (Å²) in [6.07, 6.45) is 6.46. The molecular formula is C17H33N3O. The fourth-order valence-corrected chi connectivity index (χ4v) is 3.87. The number of nitrogens with one attached hydrogen (secondary N) is 2. The van der Waals surface area contributed by atoms with Gasteiger partial charge < -0.3 is 15.5 Å². The van der Waals surface area contributed by atoms with Gasteiger partial charge >= 0.3 is 0 Å². The highest BCUT2D eigenvalue weighted by Crippen LogP contribution is 2.32. The lowest BCUT2D eigenvalue weighted by molar-refractivity contribution is -0.133.